The van der Waals surface area contributed by atoms with Gasteiger partial charge < -0.3 is 9.55 Å². The maximum atomic E-state index is 4.69. The van der Waals surface area contributed by atoms with Gasteiger partial charge in [-0.25, -0.2) is 0 Å². The van der Waals surface area contributed by atoms with E-state index in [1.165, 1.54) is 20.7 Å². The van der Waals surface area contributed by atoms with E-state index in [2.05, 4.69) is 111 Å². The molecular formula is C37H31GeIrN3-2. The molecule has 3 heterocycles. The van der Waals surface area contributed by atoms with Crippen molar-refractivity contribution in [2.75, 3.05) is 0 Å². The normalized spacial score (nSPS) is 11.0. The van der Waals surface area contributed by atoms with Crippen molar-refractivity contribution >= 4 is 39.5 Å². The molecule has 3 nitrogen and oxygen atoms in total. The van der Waals surface area contributed by atoms with Gasteiger partial charge in [0.05, 0.1) is 5.52 Å². The molecule has 0 unspecified atom stereocenters. The van der Waals surface area contributed by atoms with Crippen molar-refractivity contribution in [1.82, 2.24) is 14.5 Å². The third-order valence-corrected chi connectivity index (χ3v) is 11.4. The summed E-state index contributed by atoms with van der Waals surface area (Å²) < 4.78 is 3.75. The van der Waals surface area contributed by atoms with Crippen LogP contribution < -0.4 is 4.40 Å². The molecule has 0 aliphatic rings. The van der Waals surface area contributed by atoms with E-state index in [0.717, 1.165) is 33.7 Å². The molecule has 0 atom stereocenters. The van der Waals surface area contributed by atoms with E-state index in [-0.39, 0.29) is 20.1 Å². The summed E-state index contributed by atoms with van der Waals surface area (Å²) in [4.78, 5) is 9.22. The first-order valence-corrected chi connectivity index (χ1v) is 21.2. The van der Waals surface area contributed by atoms with Crippen LogP contribution in [0.25, 0.3) is 50.0 Å². The summed E-state index contributed by atoms with van der Waals surface area (Å²) in [6.45, 7) is 0. The molecule has 7 aromatic rings. The van der Waals surface area contributed by atoms with Crippen molar-refractivity contribution in [3.63, 3.8) is 0 Å². The van der Waals surface area contributed by atoms with Crippen LogP contribution in [0.2, 0.25) is 17.3 Å². The zero-order valence-corrected chi connectivity index (χ0v) is 28.4. The van der Waals surface area contributed by atoms with Crippen LogP contribution in [-0.2, 0) is 20.1 Å². The second kappa shape index (κ2) is 13.0. The van der Waals surface area contributed by atoms with Crippen LogP contribution in [0.1, 0.15) is 0 Å². The number of rotatable bonds is 4. The van der Waals surface area contributed by atoms with Gasteiger partial charge in [-0.1, -0.05) is 42.5 Å². The maximum absolute atomic E-state index is 4.69. The molecule has 0 aliphatic heterocycles. The summed E-state index contributed by atoms with van der Waals surface area (Å²) in [5, 5.41) is 2.39. The number of pyridine rings is 2. The summed E-state index contributed by atoms with van der Waals surface area (Å²) >= 11 is -1.72. The fraction of sp³-hybridized carbons (Fsp3) is 0.0811. The van der Waals surface area contributed by atoms with Crippen LogP contribution in [0.3, 0.4) is 0 Å². The largest absolute Gasteiger partial charge is 0.310 e. The van der Waals surface area contributed by atoms with E-state index in [9.17, 15) is 0 Å². The Morgan fingerprint density at radius 2 is 1.19 bits per heavy atom. The average molecular weight is 783 g/mol. The van der Waals surface area contributed by atoms with E-state index < -0.39 is 13.3 Å². The van der Waals surface area contributed by atoms with Gasteiger partial charge >= 0.3 is 99.8 Å². The van der Waals surface area contributed by atoms with Crippen LogP contribution in [0, 0.1) is 12.1 Å². The Labute approximate surface area is 264 Å². The van der Waals surface area contributed by atoms with Crippen LogP contribution in [0.5, 0.6) is 0 Å². The fourth-order valence-electron chi connectivity index (χ4n) is 4.97. The Balaban J connectivity index is 0.000000181. The van der Waals surface area contributed by atoms with E-state index >= 15 is 0 Å². The van der Waals surface area contributed by atoms with Crippen molar-refractivity contribution in [1.29, 1.82) is 0 Å². The van der Waals surface area contributed by atoms with Gasteiger partial charge in [0.2, 0.25) is 0 Å². The maximum Gasteiger partial charge on any atom is 0.0541 e. The van der Waals surface area contributed by atoms with Gasteiger partial charge in [0.1, 0.15) is 0 Å². The zero-order chi connectivity index (χ0) is 28.2. The molecule has 0 fully saturated rings. The van der Waals surface area contributed by atoms with Gasteiger partial charge in [-0.3, -0.25) is 0 Å². The molecule has 42 heavy (non-hydrogen) atoms. The minimum Gasteiger partial charge on any atom is -0.310 e. The third-order valence-electron chi connectivity index (χ3n) is 7.17. The molecule has 3 aromatic heterocycles. The van der Waals surface area contributed by atoms with E-state index in [1.54, 1.807) is 0 Å². The van der Waals surface area contributed by atoms with Crippen LogP contribution >= 0.6 is 0 Å². The Bertz CT molecular complexity index is 1890. The average Bonchev–Trinajstić information content (AvgIpc) is 3.36. The van der Waals surface area contributed by atoms with Crippen molar-refractivity contribution in [2.24, 2.45) is 0 Å². The molecule has 7 rings (SSSR count). The molecule has 209 valence electrons. The molecule has 0 N–H and O–H groups in total. The first-order chi connectivity index (χ1) is 20.0. The smallest absolute Gasteiger partial charge is 0.0541 e. The minimum absolute atomic E-state index is 0. The molecular weight excluding hydrogens is 751 g/mol. The monoisotopic (exact) mass is 784 g/mol. The van der Waals surface area contributed by atoms with Gasteiger partial charge in [-0.05, 0) is 23.9 Å². The van der Waals surface area contributed by atoms with E-state index in [1.807, 2.05) is 67.0 Å². The Morgan fingerprint density at radius 1 is 0.571 bits per heavy atom. The topological polar surface area (TPSA) is 30.7 Å². The Morgan fingerprint density at radius 3 is 1.81 bits per heavy atom. The molecule has 0 bridgehead atoms. The number of benzene rings is 4. The predicted molar refractivity (Wildman–Crippen MR) is 174 cm³/mol. The summed E-state index contributed by atoms with van der Waals surface area (Å²) in [5.41, 5.74) is 7.53. The number of para-hydroxylation sites is 2. The van der Waals surface area contributed by atoms with Crippen LogP contribution in [-0.4, -0.2) is 27.8 Å². The Hall–Kier alpha value is -3.83. The zero-order valence-electron chi connectivity index (χ0n) is 23.9. The molecule has 0 aliphatic carbocycles. The first-order valence-electron chi connectivity index (χ1n) is 13.8. The first kappa shape index (κ1) is 29.7. The minimum atomic E-state index is -1.72. The molecule has 4 aromatic carbocycles. The van der Waals surface area contributed by atoms with E-state index in [0.29, 0.717) is 0 Å². The second-order valence-electron chi connectivity index (χ2n) is 11.0. The van der Waals surface area contributed by atoms with Crippen LogP contribution in [0.15, 0.2) is 134 Å². The summed E-state index contributed by atoms with van der Waals surface area (Å²) in [7, 11) is 0. The number of nitrogens with zero attached hydrogens (tertiary/aromatic N) is 3. The molecule has 0 saturated carbocycles. The van der Waals surface area contributed by atoms with E-state index in [4.69, 9.17) is 0 Å². The predicted octanol–water partition coefficient (Wildman–Crippen LogP) is 8.74. The fourth-order valence-corrected chi connectivity index (χ4v) is 7.14. The molecule has 0 spiro atoms. The van der Waals surface area contributed by atoms with Gasteiger partial charge in [0, 0.05) is 48.3 Å². The summed E-state index contributed by atoms with van der Waals surface area (Å²) in [6.07, 6.45) is 4.02. The quantitative estimate of drug-likeness (QED) is 0.132. The molecule has 1 radical (unpaired) electrons. The SMILES string of the molecule is [CH3][Ge]([CH3])([CH3])[c]1ccc(-c2[c-]cccc2)nc1.[Ir].[c-]1ccccc1-c1cc2c(cn1)c1ccccc1n2-c1ccccc1. The van der Waals surface area contributed by atoms with Crippen molar-refractivity contribution in [2.45, 2.75) is 17.3 Å². The second-order valence-corrected chi connectivity index (χ2v) is 21.7. The summed E-state index contributed by atoms with van der Waals surface area (Å²) in [5.74, 6) is 7.14. The molecule has 0 saturated heterocycles. The Kier molecular flexibility index (Phi) is 9.18. The summed E-state index contributed by atoms with van der Waals surface area (Å²) in [6, 6.07) is 47.8. The van der Waals surface area contributed by atoms with Gasteiger partial charge in [0.15, 0.2) is 0 Å². The van der Waals surface area contributed by atoms with Crippen LogP contribution in [0.4, 0.5) is 0 Å². The van der Waals surface area contributed by atoms with Crippen molar-refractivity contribution in [3.05, 3.63) is 146 Å². The number of fused-ring (bicyclic) bond motifs is 3. The van der Waals surface area contributed by atoms with Crippen molar-refractivity contribution < 1.29 is 20.1 Å². The number of aromatic nitrogens is 3. The van der Waals surface area contributed by atoms with Gasteiger partial charge in [-0.2, -0.15) is 0 Å². The van der Waals surface area contributed by atoms with Crippen molar-refractivity contribution in [3.8, 4) is 28.2 Å². The number of hydrogen-bond donors (Lipinski definition) is 0. The number of hydrogen-bond acceptors (Lipinski definition) is 2. The third kappa shape index (κ3) is 6.32. The van der Waals surface area contributed by atoms with Gasteiger partial charge in [0.25, 0.3) is 0 Å². The standard InChI is InChI=1S/C23H15N2.C14H16GeN.Ir/c1-3-9-17(10-4-1)21-15-23-20(16-24-21)19-13-7-8-14-22(19)25(23)18-11-5-2-6-12-18;1-15(2,3)13-9-10-14(16-11-13)12-7-5-4-6-8-12;/h1-9,11-16H;4-7,9-11H,1-3H3;/q2*-1;. The molecule has 0 amide bonds. The molecule has 5 heteroatoms. The van der Waals surface area contributed by atoms with Gasteiger partial charge in [-0.15, -0.1) is 35.9 Å².